The third kappa shape index (κ3) is 3.38. The summed E-state index contributed by atoms with van der Waals surface area (Å²) >= 11 is 0. The number of carboxylic acids is 1. The Hall–Kier alpha value is -1.70. The van der Waals surface area contributed by atoms with Gasteiger partial charge in [0.2, 0.25) is 10.9 Å². The molecule has 2 aromatic carbocycles. The average molecular weight is 228 g/mol. The van der Waals surface area contributed by atoms with E-state index < -0.39 is 22.3 Å². The van der Waals surface area contributed by atoms with Crippen molar-refractivity contribution >= 4 is 35.6 Å². The van der Waals surface area contributed by atoms with Crippen molar-refractivity contribution in [1.29, 1.82) is 0 Å². The van der Waals surface area contributed by atoms with Crippen LogP contribution in [0.25, 0.3) is 10.8 Å². The summed E-state index contributed by atoms with van der Waals surface area (Å²) in [6.07, 6.45) is 0. The number of carbonyl (C=O) groups is 1. The number of benzene rings is 1. The first kappa shape index (κ1) is 15.3. The molecule has 5 nitrogen and oxygen atoms in total. The van der Waals surface area contributed by atoms with Crippen LogP contribution < -0.4 is 16.3 Å². The maximum atomic E-state index is 11.0. The molecule has 6 heteroatoms. The molecule has 0 saturated carbocycles. The van der Waals surface area contributed by atoms with Crippen molar-refractivity contribution < 1.29 is 9.90 Å². The Kier molecular flexibility index (Phi) is 5.52. The number of hydrogen-bond acceptors (Lipinski definition) is 4. The van der Waals surface area contributed by atoms with E-state index in [1.54, 1.807) is 12.1 Å². The zero-order valence-electron chi connectivity index (χ0n) is 8.39. The molecule has 0 amide bonds. The van der Waals surface area contributed by atoms with Crippen LogP contribution in [0.5, 0.6) is 0 Å². The van der Waals surface area contributed by atoms with Crippen molar-refractivity contribution in [2.45, 2.75) is 6.92 Å². The molecule has 0 fully saturated rings. The number of carboxylic acid groups (broad SMARTS) is 1. The van der Waals surface area contributed by atoms with Gasteiger partial charge in [0.25, 0.3) is 11.4 Å². The van der Waals surface area contributed by atoms with E-state index in [-0.39, 0.29) is 29.6 Å². The van der Waals surface area contributed by atoms with Gasteiger partial charge in [-0.25, -0.2) is 0 Å². The quantitative estimate of drug-likeness (QED) is 0.473. The Labute approximate surface area is 108 Å². The first-order valence-corrected chi connectivity index (χ1v) is 4.37. The second-order valence-corrected chi connectivity index (χ2v) is 3.05. The molecule has 0 atom stereocenters. The molecule has 0 aliphatic rings. The molecule has 0 bridgehead atoms. The Morgan fingerprint density at radius 3 is 1.53 bits per heavy atom. The summed E-state index contributed by atoms with van der Waals surface area (Å²) < 4.78 is 0. The van der Waals surface area contributed by atoms with E-state index in [9.17, 15) is 14.4 Å². The molecule has 0 aliphatic heterocycles. The molecule has 1 N–H and O–H groups in total. The molecule has 0 spiro atoms. The summed E-state index contributed by atoms with van der Waals surface area (Å²) in [6.45, 7) is 1.08. The van der Waals surface area contributed by atoms with E-state index in [4.69, 9.17) is 9.90 Å². The van der Waals surface area contributed by atoms with Gasteiger partial charge < -0.3 is 5.11 Å². The van der Waals surface area contributed by atoms with Gasteiger partial charge in [-0.15, -0.1) is 0 Å². The van der Waals surface area contributed by atoms with E-state index in [2.05, 4.69) is 0 Å². The number of aliphatic carboxylic acids is 1. The Balaban J connectivity index is 0.000000453. The van der Waals surface area contributed by atoms with Crippen molar-refractivity contribution in [2.75, 3.05) is 0 Å². The van der Waals surface area contributed by atoms with Gasteiger partial charge >= 0.3 is 18.9 Å². The molecule has 2 rings (SSSR count). The number of fused-ring (bicyclic) bond motifs is 1. The van der Waals surface area contributed by atoms with Crippen molar-refractivity contribution in [3.8, 4) is 0 Å². The summed E-state index contributed by atoms with van der Waals surface area (Å²) in [5, 5.41) is 7.88. The van der Waals surface area contributed by atoms with Gasteiger partial charge in [-0.05, 0) is 0 Å². The van der Waals surface area contributed by atoms with Crippen LogP contribution in [-0.2, 0) is 4.79 Å². The van der Waals surface area contributed by atoms with Crippen LogP contribution in [0, 0.1) is 0 Å². The second-order valence-electron chi connectivity index (χ2n) is 3.05. The third-order valence-electron chi connectivity index (χ3n) is 1.83. The topological polar surface area (TPSA) is 88.5 Å². The zero-order valence-corrected chi connectivity index (χ0v) is 8.39. The molecule has 0 heterocycles. The Morgan fingerprint density at radius 1 is 0.941 bits per heavy atom. The van der Waals surface area contributed by atoms with Crippen LogP contribution in [0.4, 0.5) is 0 Å². The van der Waals surface area contributed by atoms with Crippen LogP contribution in [-0.4, -0.2) is 29.9 Å². The molecule has 17 heavy (non-hydrogen) atoms. The summed E-state index contributed by atoms with van der Waals surface area (Å²) in [6, 6.07) is 6.23. The summed E-state index contributed by atoms with van der Waals surface area (Å²) in [5.41, 5.74) is -2.29. The molecule has 2 aromatic rings. The normalized spacial score (nSPS) is 9.00. The fraction of sp³-hybridized carbons (Fsp3) is 0.0909. The molecule has 0 aromatic heterocycles. The molecule has 0 saturated heterocycles. The van der Waals surface area contributed by atoms with Gasteiger partial charge in [0.15, 0.2) is 0 Å². The predicted molar refractivity (Wildman–Crippen MR) is 65.6 cm³/mol. The van der Waals surface area contributed by atoms with Crippen LogP contribution in [0.2, 0.25) is 0 Å². The van der Waals surface area contributed by atoms with E-state index >= 15 is 0 Å². The van der Waals surface area contributed by atoms with Crippen molar-refractivity contribution in [1.82, 2.24) is 0 Å². The molecular weight excluding hydrogens is 219 g/mol. The minimum atomic E-state index is -0.920. The van der Waals surface area contributed by atoms with Crippen molar-refractivity contribution in [2.24, 2.45) is 0 Å². The number of rotatable bonds is 0. The average Bonchev–Trinajstić information content (AvgIpc) is 2.44. The molecule has 84 valence electrons. The molecular formula is C11H9LiO5. The Morgan fingerprint density at radius 2 is 1.24 bits per heavy atom. The van der Waals surface area contributed by atoms with Gasteiger partial charge in [0.1, 0.15) is 0 Å². The van der Waals surface area contributed by atoms with Crippen molar-refractivity contribution in [3.63, 3.8) is 0 Å². The Bertz CT molecular complexity index is 613. The van der Waals surface area contributed by atoms with Crippen molar-refractivity contribution in [3.05, 3.63) is 54.9 Å². The SMILES string of the molecule is CC(=O)O.O=c1c(=O)c2ccccc2c1=O.[LiH]. The van der Waals surface area contributed by atoms with E-state index in [0.717, 1.165) is 6.92 Å². The van der Waals surface area contributed by atoms with Gasteiger partial charge in [-0.2, -0.15) is 0 Å². The van der Waals surface area contributed by atoms with Gasteiger partial charge in [0, 0.05) is 17.7 Å². The number of hydrogen-bond donors (Lipinski definition) is 1. The minimum absolute atomic E-state index is 0. The van der Waals surface area contributed by atoms with E-state index in [0.29, 0.717) is 0 Å². The van der Waals surface area contributed by atoms with Crippen LogP contribution in [0.1, 0.15) is 6.92 Å². The van der Waals surface area contributed by atoms with E-state index in [1.165, 1.54) is 12.1 Å². The third-order valence-corrected chi connectivity index (χ3v) is 1.83. The van der Waals surface area contributed by atoms with Gasteiger partial charge in [-0.3, -0.25) is 19.2 Å². The van der Waals surface area contributed by atoms with Gasteiger partial charge in [-0.1, -0.05) is 24.3 Å². The zero-order chi connectivity index (χ0) is 12.3. The van der Waals surface area contributed by atoms with Crippen LogP contribution in [0.3, 0.4) is 0 Å². The fourth-order valence-corrected chi connectivity index (χ4v) is 1.23. The molecule has 0 radical (unpaired) electrons. The summed E-state index contributed by atoms with van der Waals surface area (Å²) in [7, 11) is 0. The van der Waals surface area contributed by atoms with Gasteiger partial charge in [0.05, 0.1) is 0 Å². The summed E-state index contributed by atoms with van der Waals surface area (Å²) in [4.78, 5) is 41.9. The second kappa shape index (κ2) is 6.14. The van der Waals surface area contributed by atoms with E-state index in [1.807, 2.05) is 0 Å². The maximum absolute atomic E-state index is 11.0. The predicted octanol–water partition coefficient (Wildman–Crippen LogP) is -0.762. The first-order valence-electron chi connectivity index (χ1n) is 4.37. The fourth-order valence-electron chi connectivity index (χ4n) is 1.23. The standard InChI is InChI=1S/C9H4O3.C2H4O2.Li.H/c10-7-5-3-1-2-4-6(5)8(11)9(7)12;1-2(3)4;;/h1-4H;1H3,(H,3,4);;. The summed E-state index contributed by atoms with van der Waals surface area (Å²) in [5.74, 6) is -0.833. The van der Waals surface area contributed by atoms with Crippen LogP contribution >= 0.6 is 0 Å². The first-order chi connectivity index (χ1) is 7.45. The molecule has 0 unspecified atom stereocenters. The van der Waals surface area contributed by atoms with Crippen LogP contribution in [0.15, 0.2) is 38.6 Å². The molecule has 0 aliphatic carbocycles. The monoisotopic (exact) mass is 228 g/mol.